The highest BCUT2D eigenvalue weighted by molar-refractivity contribution is 14.1. The first-order chi connectivity index (χ1) is 6.77. The predicted octanol–water partition coefficient (Wildman–Crippen LogP) is 1.44. The zero-order chi connectivity index (χ0) is 9.97. The van der Waals surface area contributed by atoms with Crippen LogP contribution >= 0.6 is 22.6 Å². The molecule has 0 saturated heterocycles. The lowest BCUT2D eigenvalue weighted by molar-refractivity contribution is 1.10. The fourth-order valence-electron chi connectivity index (χ4n) is 1.04. The molecule has 0 aliphatic heterocycles. The van der Waals surface area contributed by atoms with Crippen LogP contribution in [0.4, 0.5) is 0 Å². The van der Waals surface area contributed by atoms with Crippen molar-refractivity contribution in [2.24, 2.45) is 0 Å². The summed E-state index contributed by atoms with van der Waals surface area (Å²) in [6.45, 7) is 0. The monoisotopic (exact) mass is 299 g/mol. The summed E-state index contributed by atoms with van der Waals surface area (Å²) in [4.78, 5) is 22.0. The van der Waals surface area contributed by atoms with Crippen molar-refractivity contribution in [1.82, 2.24) is 15.0 Å². The van der Waals surface area contributed by atoms with Crippen LogP contribution in [-0.4, -0.2) is 15.0 Å². The highest BCUT2D eigenvalue weighted by Crippen LogP contribution is 2.10. The van der Waals surface area contributed by atoms with E-state index in [1.165, 1.54) is 0 Å². The molecule has 14 heavy (non-hydrogen) atoms. The minimum absolute atomic E-state index is 0.118. The molecule has 0 amide bonds. The van der Waals surface area contributed by atoms with E-state index in [4.69, 9.17) is 0 Å². The van der Waals surface area contributed by atoms with Crippen LogP contribution < -0.4 is 5.56 Å². The summed E-state index contributed by atoms with van der Waals surface area (Å²) in [7, 11) is 0. The molecule has 0 radical (unpaired) electrons. The summed E-state index contributed by atoms with van der Waals surface area (Å²) in [6.07, 6.45) is 4.87. The van der Waals surface area contributed by atoms with E-state index in [2.05, 4.69) is 15.0 Å². The molecule has 2 aromatic heterocycles. The lowest BCUT2D eigenvalue weighted by Gasteiger charge is -1.98. The number of hydrogen-bond donors (Lipinski definition) is 1. The molecule has 0 unspecified atom stereocenters. The van der Waals surface area contributed by atoms with Gasteiger partial charge < -0.3 is 4.98 Å². The zero-order valence-electron chi connectivity index (χ0n) is 7.07. The Labute approximate surface area is 93.6 Å². The Kier molecular flexibility index (Phi) is 2.58. The molecule has 0 spiro atoms. The van der Waals surface area contributed by atoms with Crippen molar-refractivity contribution in [1.29, 1.82) is 0 Å². The van der Waals surface area contributed by atoms with Gasteiger partial charge in [-0.15, -0.1) is 0 Å². The van der Waals surface area contributed by atoms with Gasteiger partial charge in [-0.1, -0.05) is 0 Å². The molecular formula is C9H6IN3O. The number of aromatic nitrogens is 3. The van der Waals surface area contributed by atoms with Crippen molar-refractivity contribution >= 4 is 22.6 Å². The fraction of sp³-hybridized carbons (Fsp3) is 0. The lowest BCUT2D eigenvalue weighted by atomic mass is 10.2. The van der Waals surface area contributed by atoms with E-state index >= 15 is 0 Å². The van der Waals surface area contributed by atoms with Crippen LogP contribution in [-0.2, 0) is 0 Å². The Hall–Kier alpha value is -1.24. The second-order valence-corrected chi connectivity index (χ2v) is 3.81. The third-order valence-electron chi connectivity index (χ3n) is 1.71. The van der Waals surface area contributed by atoms with Crippen LogP contribution in [0.2, 0.25) is 0 Å². The summed E-state index contributed by atoms with van der Waals surface area (Å²) in [5, 5.41) is 0. The first kappa shape index (κ1) is 9.32. The highest BCUT2D eigenvalue weighted by atomic mass is 127. The zero-order valence-corrected chi connectivity index (χ0v) is 9.22. The maximum Gasteiger partial charge on any atom is 0.264 e. The average Bonchev–Trinajstić information content (AvgIpc) is 2.23. The molecule has 0 aliphatic rings. The molecule has 2 aromatic rings. The molecular weight excluding hydrogens is 293 g/mol. The van der Waals surface area contributed by atoms with E-state index < -0.39 is 0 Å². The molecule has 5 heteroatoms. The summed E-state index contributed by atoms with van der Waals surface area (Å²) >= 11 is 1.94. The van der Waals surface area contributed by atoms with E-state index in [0.717, 1.165) is 5.56 Å². The van der Waals surface area contributed by atoms with Gasteiger partial charge >= 0.3 is 0 Å². The van der Waals surface area contributed by atoms with Gasteiger partial charge in [0.05, 0.1) is 3.57 Å². The van der Waals surface area contributed by atoms with Gasteiger partial charge in [-0.25, -0.2) is 4.98 Å². The molecule has 2 rings (SSSR count). The second-order valence-electron chi connectivity index (χ2n) is 2.64. The Morgan fingerprint density at radius 3 is 2.64 bits per heavy atom. The molecule has 0 fully saturated rings. The largest absolute Gasteiger partial charge is 0.306 e. The van der Waals surface area contributed by atoms with Gasteiger partial charge in [-0.3, -0.25) is 9.78 Å². The van der Waals surface area contributed by atoms with E-state index in [1.807, 2.05) is 22.6 Å². The Bertz CT molecular complexity index is 495. The second kappa shape index (κ2) is 3.87. The maximum absolute atomic E-state index is 11.3. The summed E-state index contributed by atoms with van der Waals surface area (Å²) in [6, 6.07) is 3.59. The third kappa shape index (κ3) is 1.82. The average molecular weight is 299 g/mol. The molecule has 0 bridgehead atoms. The van der Waals surface area contributed by atoms with Gasteiger partial charge in [-0.05, 0) is 34.7 Å². The molecule has 2 heterocycles. The molecule has 0 saturated carbocycles. The van der Waals surface area contributed by atoms with Gasteiger partial charge in [0.1, 0.15) is 5.82 Å². The van der Waals surface area contributed by atoms with E-state index in [0.29, 0.717) is 9.39 Å². The third-order valence-corrected chi connectivity index (χ3v) is 2.48. The lowest BCUT2D eigenvalue weighted by Crippen LogP contribution is -2.11. The summed E-state index contributed by atoms with van der Waals surface area (Å²) < 4.78 is 0.584. The van der Waals surface area contributed by atoms with Crippen molar-refractivity contribution in [3.8, 4) is 11.4 Å². The molecule has 0 atom stereocenters. The Morgan fingerprint density at radius 2 is 2.00 bits per heavy atom. The molecule has 1 N–H and O–H groups in total. The SMILES string of the molecule is O=c1[nH]c(-c2ccncc2)ncc1I. The van der Waals surface area contributed by atoms with E-state index in [-0.39, 0.29) is 5.56 Å². The smallest absolute Gasteiger partial charge is 0.264 e. The van der Waals surface area contributed by atoms with Gasteiger partial charge in [-0.2, -0.15) is 0 Å². The van der Waals surface area contributed by atoms with Crippen LogP contribution in [0.15, 0.2) is 35.5 Å². The van der Waals surface area contributed by atoms with Crippen molar-refractivity contribution < 1.29 is 0 Å². The minimum Gasteiger partial charge on any atom is -0.306 e. The number of pyridine rings is 1. The number of rotatable bonds is 1. The number of hydrogen-bond acceptors (Lipinski definition) is 3. The number of halogens is 1. The van der Waals surface area contributed by atoms with Crippen LogP contribution in [0, 0.1) is 3.57 Å². The first-order valence-electron chi connectivity index (χ1n) is 3.92. The minimum atomic E-state index is -0.118. The van der Waals surface area contributed by atoms with Gasteiger partial charge in [0, 0.05) is 24.2 Å². The molecule has 0 aliphatic carbocycles. The van der Waals surface area contributed by atoms with Gasteiger partial charge in [0.2, 0.25) is 0 Å². The molecule has 4 nitrogen and oxygen atoms in total. The fourth-order valence-corrected chi connectivity index (χ4v) is 1.31. The predicted molar refractivity (Wildman–Crippen MR) is 60.8 cm³/mol. The van der Waals surface area contributed by atoms with Crippen LogP contribution in [0.5, 0.6) is 0 Å². The normalized spacial score (nSPS) is 10.1. The topological polar surface area (TPSA) is 58.6 Å². The number of H-pyrrole nitrogens is 1. The van der Waals surface area contributed by atoms with Crippen molar-refractivity contribution in [2.45, 2.75) is 0 Å². The van der Waals surface area contributed by atoms with Crippen LogP contribution in [0.3, 0.4) is 0 Å². The summed E-state index contributed by atoms with van der Waals surface area (Å²) in [5.74, 6) is 0.567. The molecule has 70 valence electrons. The Balaban J connectivity index is 2.54. The van der Waals surface area contributed by atoms with E-state index in [1.54, 1.807) is 30.7 Å². The van der Waals surface area contributed by atoms with Crippen LogP contribution in [0.25, 0.3) is 11.4 Å². The number of nitrogens with one attached hydrogen (secondary N) is 1. The van der Waals surface area contributed by atoms with Gasteiger partial charge in [0.15, 0.2) is 0 Å². The number of nitrogens with zero attached hydrogens (tertiary/aromatic N) is 2. The quantitative estimate of drug-likeness (QED) is 0.811. The van der Waals surface area contributed by atoms with Crippen LogP contribution in [0.1, 0.15) is 0 Å². The standard InChI is InChI=1S/C9H6IN3O/c10-7-5-12-8(13-9(7)14)6-1-3-11-4-2-6/h1-5H,(H,12,13,14). The van der Waals surface area contributed by atoms with Crippen molar-refractivity contribution in [3.63, 3.8) is 0 Å². The van der Waals surface area contributed by atoms with Crippen molar-refractivity contribution in [2.75, 3.05) is 0 Å². The van der Waals surface area contributed by atoms with Crippen molar-refractivity contribution in [3.05, 3.63) is 44.6 Å². The summed E-state index contributed by atoms with van der Waals surface area (Å²) in [5.41, 5.74) is 0.737. The van der Waals surface area contributed by atoms with Gasteiger partial charge in [0.25, 0.3) is 5.56 Å². The molecule has 0 aromatic carbocycles. The Morgan fingerprint density at radius 1 is 1.29 bits per heavy atom. The maximum atomic E-state index is 11.3. The highest BCUT2D eigenvalue weighted by Gasteiger charge is 2.01. The number of aromatic amines is 1. The first-order valence-corrected chi connectivity index (χ1v) is 5.00. The van der Waals surface area contributed by atoms with E-state index in [9.17, 15) is 4.79 Å².